The first-order valence-electron chi connectivity index (χ1n) is 7.88. The third-order valence-corrected chi connectivity index (χ3v) is 3.85. The molecule has 130 valence electrons. The van der Waals surface area contributed by atoms with Gasteiger partial charge in [0.2, 0.25) is 0 Å². The number of benzene rings is 1. The summed E-state index contributed by atoms with van der Waals surface area (Å²) in [6, 6.07) is 9.66. The number of hydrogen-bond acceptors (Lipinski definition) is 4. The van der Waals surface area contributed by atoms with E-state index in [1.807, 2.05) is 37.4 Å². The monoisotopic (exact) mass is 331 g/mol. The Balaban J connectivity index is 1.72. The number of aromatic nitrogens is 2. The summed E-state index contributed by atoms with van der Waals surface area (Å²) < 4.78 is 1.61. The second kappa shape index (κ2) is 7.83. The van der Waals surface area contributed by atoms with Crippen molar-refractivity contribution in [1.82, 2.24) is 20.4 Å². The van der Waals surface area contributed by atoms with Gasteiger partial charge in [-0.1, -0.05) is 18.2 Å². The van der Waals surface area contributed by atoms with E-state index >= 15 is 0 Å². The summed E-state index contributed by atoms with van der Waals surface area (Å²) in [6.07, 6.45) is 3.32. The predicted molar refractivity (Wildman–Crippen MR) is 93.9 cm³/mol. The van der Waals surface area contributed by atoms with Crippen molar-refractivity contribution >= 4 is 11.7 Å². The number of para-hydroxylation sites is 1. The molecule has 0 radical (unpaired) electrons. The van der Waals surface area contributed by atoms with Gasteiger partial charge in [0.05, 0.1) is 12.7 Å². The van der Waals surface area contributed by atoms with Gasteiger partial charge in [0.25, 0.3) is 0 Å². The third kappa shape index (κ3) is 4.99. The van der Waals surface area contributed by atoms with E-state index in [0.29, 0.717) is 18.7 Å². The first-order chi connectivity index (χ1) is 11.4. The average molecular weight is 331 g/mol. The van der Waals surface area contributed by atoms with E-state index in [4.69, 9.17) is 0 Å². The van der Waals surface area contributed by atoms with Gasteiger partial charge in [-0.25, -0.2) is 4.79 Å². The van der Waals surface area contributed by atoms with Crippen LogP contribution in [0, 0.1) is 0 Å². The van der Waals surface area contributed by atoms with Crippen LogP contribution in [0.3, 0.4) is 0 Å². The molecule has 1 aromatic heterocycles. The third-order valence-electron chi connectivity index (χ3n) is 3.85. The minimum absolute atomic E-state index is 0.110. The highest BCUT2D eigenvalue weighted by atomic mass is 16.3. The number of amides is 2. The van der Waals surface area contributed by atoms with Crippen molar-refractivity contribution in [3.63, 3.8) is 0 Å². The first-order valence-corrected chi connectivity index (χ1v) is 7.88. The minimum Gasteiger partial charge on any atom is -0.383 e. The molecule has 1 aromatic carbocycles. The SMILES string of the molecule is CN(CCNC(=O)NCC(C)(O)c1cnn(C)c1)c1ccccc1. The Morgan fingerprint density at radius 2 is 2.04 bits per heavy atom. The molecular formula is C17H25N5O2. The van der Waals surface area contributed by atoms with E-state index < -0.39 is 5.60 Å². The minimum atomic E-state index is -1.16. The molecule has 2 rings (SSSR count). The number of aryl methyl sites for hydroxylation is 1. The van der Waals surface area contributed by atoms with Crippen molar-refractivity contribution < 1.29 is 9.90 Å². The van der Waals surface area contributed by atoms with Gasteiger partial charge in [-0.15, -0.1) is 0 Å². The first kappa shape index (κ1) is 17.8. The van der Waals surface area contributed by atoms with Crippen LogP contribution in [-0.4, -0.2) is 47.6 Å². The van der Waals surface area contributed by atoms with Gasteiger partial charge in [-0.05, 0) is 19.1 Å². The fraction of sp³-hybridized carbons (Fsp3) is 0.412. The van der Waals surface area contributed by atoms with Crippen molar-refractivity contribution in [2.45, 2.75) is 12.5 Å². The molecule has 1 heterocycles. The summed E-state index contributed by atoms with van der Waals surface area (Å²) in [5, 5.41) is 19.9. The predicted octanol–water partition coefficient (Wildman–Crippen LogP) is 1.06. The Bertz CT molecular complexity index is 654. The lowest BCUT2D eigenvalue weighted by atomic mass is 10.00. The molecule has 0 aliphatic rings. The fourth-order valence-corrected chi connectivity index (χ4v) is 2.27. The zero-order valence-electron chi connectivity index (χ0n) is 14.4. The molecule has 0 saturated carbocycles. The number of nitrogens with zero attached hydrogens (tertiary/aromatic N) is 3. The molecule has 0 saturated heterocycles. The molecule has 1 unspecified atom stereocenters. The maximum Gasteiger partial charge on any atom is 0.314 e. The lowest BCUT2D eigenvalue weighted by Gasteiger charge is -2.23. The largest absolute Gasteiger partial charge is 0.383 e. The molecule has 3 N–H and O–H groups in total. The molecular weight excluding hydrogens is 306 g/mol. The Morgan fingerprint density at radius 1 is 1.33 bits per heavy atom. The molecule has 2 amide bonds. The number of aliphatic hydroxyl groups is 1. The normalized spacial score (nSPS) is 13.2. The van der Waals surface area contributed by atoms with E-state index in [9.17, 15) is 9.90 Å². The zero-order valence-corrected chi connectivity index (χ0v) is 14.4. The lowest BCUT2D eigenvalue weighted by Crippen LogP contribution is -2.45. The molecule has 2 aromatic rings. The van der Waals surface area contributed by atoms with Gasteiger partial charge in [-0.3, -0.25) is 4.68 Å². The number of hydrogen-bond donors (Lipinski definition) is 3. The maximum absolute atomic E-state index is 11.9. The summed E-state index contributed by atoms with van der Waals surface area (Å²) in [6.45, 7) is 2.95. The molecule has 0 bridgehead atoms. The van der Waals surface area contributed by atoms with Gasteiger partial charge in [0, 0.05) is 44.6 Å². The van der Waals surface area contributed by atoms with Crippen LogP contribution >= 0.6 is 0 Å². The van der Waals surface area contributed by atoms with Crippen LogP contribution in [0.2, 0.25) is 0 Å². The highest BCUT2D eigenvalue weighted by molar-refractivity contribution is 5.74. The topological polar surface area (TPSA) is 82.4 Å². The Labute approximate surface area is 142 Å². The highest BCUT2D eigenvalue weighted by Crippen LogP contribution is 2.18. The molecule has 7 nitrogen and oxygen atoms in total. The van der Waals surface area contributed by atoms with Crippen molar-refractivity contribution in [1.29, 1.82) is 0 Å². The van der Waals surface area contributed by atoms with Gasteiger partial charge in [0.15, 0.2) is 0 Å². The number of urea groups is 1. The molecule has 0 fully saturated rings. The molecule has 0 aliphatic carbocycles. The van der Waals surface area contributed by atoms with Crippen LogP contribution in [-0.2, 0) is 12.6 Å². The van der Waals surface area contributed by atoms with Gasteiger partial charge in [0.1, 0.15) is 5.60 Å². The van der Waals surface area contributed by atoms with Crippen molar-refractivity contribution in [3.05, 3.63) is 48.3 Å². The molecule has 0 aliphatic heterocycles. The van der Waals surface area contributed by atoms with Crippen LogP contribution in [0.4, 0.5) is 10.5 Å². The zero-order chi connectivity index (χ0) is 17.6. The quantitative estimate of drug-likeness (QED) is 0.709. The number of nitrogens with one attached hydrogen (secondary N) is 2. The van der Waals surface area contributed by atoms with Gasteiger partial charge >= 0.3 is 6.03 Å². The molecule has 0 spiro atoms. The Hall–Kier alpha value is -2.54. The second-order valence-electron chi connectivity index (χ2n) is 6.04. The molecule has 7 heteroatoms. The number of carbonyl (C=O) groups excluding carboxylic acids is 1. The number of likely N-dealkylation sites (N-methyl/N-ethyl adjacent to an activating group) is 1. The van der Waals surface area contributed by atoms with Crippen molar-refractivity contribution in [3.8, 4) is 0 Å². The van der Waals surface area contributed by atoms with E-state index in [0.717, 1.165) is 5.69 Å². The smallest absolute Gasteiger partial charge is 0.314 e. The number of carbonyl (C=O) groups is 1. The van der Waals surface area contributed by atoms with Crippen LogP contribution < -0.4 is 15.5 Å². The summed E-state index contributed by atoms with van der Waals surface area (Å²) >= 11 is 0. The van der Waals surface area contributed by atoms with E-state index in [1.54, 1.807) is 31.0 Å². The summed E-state index contributed by atoms with van der Waals surface area (Å²) in [7, 11) is 3.76. The number of anilines is 1. The average Bonchev–Trinajstić information content (AvgIpc) is 3.01. The van der Waals surface area contributed by atoms with Gasteiger partial charge < -0.3 is 20.6 Å². The second-order valence-corrected chi connectivity index (χ2v) is 6.04. The van der Waals surface area contributed by atoms with Crippen LogP contribution in [0.5, 0.6) is 0 Å². The molecule has 24 heavy (non-hydrogen) atoms. The van der Waals surface area contributed by atoms with E-state index in [1.165, 1.54) is 0 Å². The Morgan fingerprint density at radius 3 is 2.67 bits per heavy atom. The molecule has 1 atom stereocenters. The summed E-state index contributed by atoms with van der Waals surface area (Å²) in [5.41, 5.74) is 0.597. The van der Waals surface area contributed by atoms with Crippen LogP contribution in [0.15, 0.2) is 42.7 Å². The standard InChI is InChI=1S/C17H25N5O2/c1-17(24,14-11-20-22(3)12-14)13-19-16(23)18-9-10-21(2)15-7-5-4-6-8-15/h4-8,11-12,24H,9-10,13H2,1-3H3,(H2,18,19,23). The van der Waals surface area contributed by atoms with Crippen molar-refractivity contribution in [2.24, 2.45) is 7.05 Å². The fourth-order valence-electron chi connectivity index (χ4n) is 2.27. The summed E-state index contributed by atoms with van der Waals surface area (Å²) in [5.74, 6) is 0. The highest BCUT2D eigenvalue weighted by Gasteiger charge is 2.25. The Kier molecular flexibility index (Phi) is 5.81. The summed E-state index contributed by atoms with van der Waals surface area (Å²) in [4.78, 5) is 13.9. The van der Waals surface area contributed by atoms with Crippen LogP contribution in [0.1, 0.15) is 12.5 Å². The van der Waals surface area contributed by atoms with E-state index in [2.05, 4.69) is 20.6 Å². The number of rotatable bonds is 7. The van der Waals surface area contributed by atoms with Crippen molar-refractivity contribution in [2.75, 3.05) is 31.6 Å². The van der Waals surface area contributed by atoms with Gasteiger partial charge in [-0.2, -0.15) is 5.10 Å². The lowest BCUT2D eigenvalue weighted by molar-refractivity contribution is 0.0593. The maximum atomic E-state index is 11.9. The van der Waals surface area contributed by atoms with Crippen LogP contribution in [0.25, 0.3) is 0 Å². The van der Waals surface area contributed by atoms with E-state index in [-0.39, 0.29) is 12.6 Å².